The van der Waals surface area contributed by atoms with Crippen LogP contribution in [0.5, 0.6) is 0 Å². The predicted octanol–water partition coefficient (Wildman–Crippen LogP) is 2.56. The van der Waals surface area contributed by atoms with Gasteiger partial charge in [0.1, 0.15) is 6.04 Å². The Morgan fingerprint density at radius 3 is 2.70 bits per heavy atom. The largest absolute Gasteiger partial charge is 0.350 e. The normalized spacial score (nSPS) is 16.9. The number of carbonyl (C=O) groups is 2. The van der Waals surface area contributed by atoms with Crippen LogP contribution in [0.1, 0.15) is 24.0 Å². The number of nitrogens with one attached hydrogen (secondary N) is 2. The molecule has 3 rings (SSSR count). The third-order valence-electron chi connectivity index (χ3n) is 4.17. The molecule has 2 aromatic rings. The number of rotatable bonds is 4. The standard InChI is InChI=1S/C19H20N2O2/c1-13-7-8-14(11-16(13)15-5-3-2-4-6-15)12-20-19(23)17-9-10-18(22)21-17/h2-8,11,17H,9-10,12H2,1H3,(H,20,23)(H,21,22). The zero-order valence-corrected chi connectivity index (χ0v) is 13.1. The van der Waals surface area contributed by atoms with Gasteiger partial charge in [-0.1, -0.05) is 42.5 Å². The van der Waals surface area contributed by atoms with E-state index >= 15 is 0 Å². The van der Waals surface area contributed by atoms with Gasteiger partial charge >= 0.3 is 0 Å². The Bertz CT molecular complexity index is 725. The maximum atomic E-state index is 12.1. The van der Waals surface area contributed by atoms with E-state index in [1.54, 1.807) is 0 Å². The molecule has 2 N–H and O–H groups in total. The fraction of sp³-hybridized carbons (Fsp3) is 0.263. The summed E-state index contributed by atoms with van der Waals surface area (Å²) >= 11 is 0. The Hall–Kier alpha value is -2.62. The van der Waals surface area contributed by atoms with Crippen LogP contribution in [0.2, 0.25) is 0 Å². The van der Waals surface area contributed by atoms with Crippen molar-refractivity contribution in [2.75, 3.05) is 0 Å². The molecule has 1 heterocycles. The molecule has 0 bridgehead atoms. The molecule has 118 valence electrons. The second kappa shape index (κ2) is 6.65. The summed E-state index contributed by atoms with van der Waals surface area (Å²) < 4.78 is 0. The van der Waals surface area contributed by atoms with Gasteiger partial charge in [-0.3, -0.25) is 9.59 Å². The van der Waals surface area contributed by atoms with Crippen molar-refractivity contribution in [3.63, 3.8) is 0 Å². The van der Waals surface area contributed by atoms with Crippen molar-refractivity contribution < 1.29 is 9.59 Å². The molecule has 0 radical (unpaired) electrons. The van der Waals surface area contributed by atoms with Gasteiger partial charge in [0.05, 0.1) is 0 Å². The van der Waals surface area contributed by atoms with Gasteiger partial charge in [-0.05, 0) is 41.7 Å². The molecule has 0 aromatic heterocycles. The number of amides is 2. The first kappa shape index (κ1) is 15.3. The number of hydrogen-bond acceptors (Lipinski definition) is 2. The average molecular weight is 308 g/mol. The third kappa shape index (κ3) is 3.59. The monoisotopic (exact) mass is 308 g/mol. The molecule has 2 aromatic carbocycles. The zero-order valence-electron chi connectivity index (χ0n) is 13.1. The van der Waals surface area contributed by atoms with Crippen LogP contribution in [-0.4, -0.2) is 17.9 Å². The molecule has 1 unspecified atom stereocenters. The van der Waals surface area contributed by atoms with Crippen molar-refractivity contribution in [3.8, 4) is 11.1 Å². The second-order valence-corrected chi connectivity index (χ2v) is 5.89. The Morgan fingerprint density at radius 1 is 1.22 bits per heavy atom. The fourth-order valence-electron chi connectivity index (χ4n) is 2.83. The summed E-state index contributed by atoms with van der Waals surface area (Å²) in [7, 11) is 0. The molecule has 0 aliphatic carbocycles. The first-order valence-electron chi connectivity index (χ1n) is 7.85. The van der Waals surface area contributed by atoms with Crippen LogP contribution in [0.3, 0.4) is 0 Å². The molecular weight excluding hydrogens is 288 g/mol. The van der Waals surface area contributed by atoms with Gasteiger partial charge in [-0.25, -0.2) is 0 Å². The SMILES string of the molecule is Cc1ccc(CNC(=O)C2CCC(=O)N2)cc1-c1ccccc1. The topological polar surface area (TPSA) is 58.2 Å². The van der Waals surface area contributed by atoms with Gasteiger partial charge in [-0.2, -0.15) is 0 Å². The van der Waals surface area contributed by atoms with E-state index in [4.69, 9.17) is 0 Å². The van der Waals surface area contributed by atoms with Crippen LogP contribution in [0.25, 0.3) is 11.1 Å². The Balaban J connectivity index is 1.69. The second-order valence-electron chi connectivity index (χ2n) is 5.89. The Kier molecular flexibility index (Phi) is 4.42. The summed E-state index contributed by atoms with van der Waals surface area (Å²) in [6.45, 7) is 2.55. The van der Waals surface area contributed by atoms with Crippen molar-refractivity contribution in [2.24, 2.45) is 0 Å². The molecule has 4 heteroatoms. The smallest absolute Gasteiger partial charge is 0.242 e. The lowest BCUT2D eigenvalue weighted by atomic mass is 9.98. The van der Waals surface area contributed by atoms with E-state index in [2.05, 4.69) is 41.8 Å². The molecule has 23 heavy (non-hydrogen) atoms. The minimum absolute atomic E-state index is 0.0492. The Labute approximate surface area is 135 Å². The third-order valence-corrected chi connectivity index (χ3v) is 4.17. The molecule has 0 saturated carbocycles. The lowest BCUT2D eigenvalue weighted by Gasteiger charge is -2.13. The highest BCUT2D eigenvalue weighted by Gasteiger charge is 2.26. The molecule has 2 amide bonds. The number of benzene rings is 2. The number of hydrogen-bond donors (Lipinski definition) is 2. The maximum Gasteiger partial charge on any atom is 0.242 e. The van der Waals surface area contributed by atoms with Gasteiger partial charge in [0.2, 0.25) is 11.8 Å². The maximum absolute atomic E-state index is 12.1. The molecule has 4 nitrogen and oxygen atoms in total. The number of carbonyl (C=O) groups excluding carboxylic acids is 2. The van der Waals surface area contributed by atoms with E-state index in [9.17, 15) is 9.59 Å². The summed E-state index contributed by atoms with van der Waals surface area (Å²) in [5.74, 6) is -0.162. The van der Waals surface area contributed by atoms with Crippen LogP contribution < -0.4 is 10.6 Å². The lowest BCUT2D eigenvalue weighted by molar-refractivity contribution is -0.125. The van der Waals surface area contributed by atoms with Crippen molar-refractivity contribution in [1.29, 1.82) is 0 Å². The average Bonchev–Trinajstić information content (AvgIpc) is 3.01. The van der Waals surface area contributed by atoms with Crippen molar-refractivity contribution in [1.82, 2.24) is 10.6 Å². The summed E-state index contributed by atoms with van der Waals surface area (Å²) in [6.07, 6.45) is 1.01. The summed E-state index contributed by atoms with van der Waals surface area (Å²) in [4.78, 5) is 23.2. The summed E-state index contributed by atoms with van der Waals surface area (Å²) in [5, 5.41) is 5.59. The highest BCUT2D eigenvalue weighted by Crippen LogP contribution is 2.24. The molecular formula is C19H20N2O2. The molecule has 0 spiro atoms. The van der Waals surface area contributed by atoms with Crippen LogP contribution in [0.4, 0.5) is 0 Å². The van der Waals surface area contributed by atoms with Gasteiger partial charge in [0.15, 0.2) is 0 Å². The van der Waals surface area contributed by atoms with Crippen LogP contribution in [0, 0.1) is 6.92 Å². The quantitative estimate of drug-likeness (QED) is 0.912. The molecule has 1 saturated heterocycles. The Morgan fingerprint density at radius 2 is 2.00 bits per heavy atom. The van der Waals surface area contributed by atoms with Crippen LogP contribution >= 0.6 is 0 Å². The van der Waals surface area contributed by atoms with E-state index in [-0.39, 0.29) is 17.9 Å². The fourth-order valence-corrected chi connectivity index (χ4v) is 2.83. The van der Waals surface area contributed by atoms with E-state index in [0.29, 0.717) is 19.4 Å². The van der Waals surface area contributed by atoms with Gasteiger partial charge in [0.25, 0.3) is 0 Å². The summed E-state index contributed by atoms with van der Waals surface area (Å²) in [6, 6.07) is 16.0. The van der Waals surface area contributed by atoms with Gasteiger partial charge in [-0.15, -0.1) is 0 Å². The van der Waals surface area contributed by atoms with Crippen molar-refractivity contribution in [3.05, 3.63) is 59.7 Å². The highest BCUT2D eigenvalue weighted by atomic mass is 16.2. The molecule has 1 atom stereocenters. The van der Waals surface area contributed by atoms with E-state index in [1.165, 1.54) is 16.7 Å². The van der Waals surface area contributed by atoms with Crippen molar-refractivity contribution in [2.45, 2.75) is 32.4 Å². The number of aryl methyl sites for hydroxylation is 1. The first-order chi connectivity index (χ1) is 11.1. The minimum atomic E-state index is -0.387. The van der Waals surface area contributed by atoms with Crippen LogP contribution in [-0.2, 0) is 16.1 Å². The highest BCUT2D eigenvalue weighted by molar-refractivity contribution is 5.90. The van der Waals surface area contributed by atoms with E-state index < -0.39 is 0 Å². The van der Waals surface area contributed by atoms with Gasteiger partial charge < -0.3 is 10.6 Å². The van der Waals surface area contributed by atoms with E-state index in [1.807, 2.05) is 24.3 Å². The van der Waals surface area contributed by atoms with Crippen molar-refractivity contribution >= 4 is 11.8 Å². The first-order valence-corrected chi connectivity index (χ1v) is 7.85. The van der Waals surface area contributed by atoms with Crippen LogP contribution in [0.15, 0.2) is 48.5 Å². The zero-order chi connectivity index (χ0) is 16.2. The predicted molar refractivity (Wildman–Crippen MR) is 89.6 cm³/mol. The van der Waals surface area contributed by atoms with E-state index in [0.717, 1.165) is 5.56 Å². The molecule has 1 aliphatic rings. The molecule has 1 fully saturated rings. The van der Waals surface area contributed by atoms with Gasteiger partial charge in [0, 0.05) is 13.0 Å². The molecule has 1 aliphatic heterocycles. The lowest BCUT2D eigenvalue weighted by Crippen LogP contribution is -2.41. The summed E-state index contributed by atoms with van der Waals surface area (Å²) in [5.41, 5.74) is 4.59. The minimum Gasteiger partial charge on any atom is -0.350 e.